The number of hydrogen-bond acceptors (Lipinski definition) is 6. The Morgan fingerprint density at radius 1 is 1.03 bits per heavy atom. The lowest BCUT2D eigenvalue weighted by atomic mass is 10.2. The van der Waals surface area contributed by atoms with Crippen LogP contribution in [0.1, 0.15) is 5.56 Å². The van der Waals surface area contributed by atoms with E-state index in [0.29, 0.717) is 34.7 Å². The molecule has 37 heavy (non-hydrogen) atoms. The van der Waals surface area contributed by atoms with Gasteiger partial charge in [0.25, 0.3) is 0 Å². The number of aliphatic carboxylic acids is 1. The summed E-state index contributed by atoms with van der Waals surface area (Å²) < 4.78 is 42.4. The van der Waals surface area contributed by atoms with Gasteiger partial charge in [-0.1, -0.05) is 40.5 Å². The number of anilines is 1. The van der Waals surface area contributed by atoms with E-state index in [9.17, 15) is 18.0 Å². The number of amides is 2. The van der Waals surface area contributed by atoms with E-state index < -0.39 is 12.1 Å². The first-order chi connectivity index (χ1) is 17.5. The number of halogens is 5. The Morgan fingerprint density at radius 2 is 1.70 bits per heavy atom. The standard InChI is InChI=1S/C21H20Cl2N4O3.C2HF3O2/c22-18-5-4-17(13-19(18)23)30-16-3-1-2-15(12-16)14-26-7-9-27(10-8-26)21(28)24-20-6-11-29-25-20;3-2(4,5)1(6)7/h1-6,11-13H,7-10,14H2,(H,24,25,28);(H,6,7). The van der Waals surface area contributed by atoms with E-state index in [0.717, 1.165) is 30.9 Å². The molecule has 1 aliphatic rings. The second-order valence-electron chi connectivity index (χ2n) is 7.71. The highest BCUT2D eigenvalue weighted by molar-refractivity contribution is 6.42. The maximum atomic E-state index is 12.3. The van der Waals surface area contributed by atoms with Gasteiger partial charge in [0.1, 0.15) is 17.8 Å². The van der Waals surface area contributed by atoms with Crippen molar-refractivity contribution >= 4 is 41.0 Å². The number of rotatable bonds is 5. The van der Waals surface area contributed by atoms with Crippen LogP contribution >= 0.6 is 23.2 Å². The molecule has 9 nitrogen and oxygen atoms in total. The normalized spacial score (nSPS) is 13.9. The van der Waals surface area contributed by atoms with Crippen LogP contribution in [0.2, 0.25) is 10.0 Å². The molecule has 198 valence electrons. The Kier molecular flexibility index (Phi) is 9.61. The number of piperazine rings is 1. The number of urea groups is 1. The average Bonchev–Trinajstić information content (AvgIpc) is 3.35. The van der Waals surface area contributed by atoms with E-state index in [1.54, 1.807) is 29.2 Å². The number of carbonyl (C=O) groups excluding carboxylic acids is 1. The third-order valence-corrected chi connectivity index (χ3v) is 5.75. The molecule has 0 aliphatic carbocycles. The molecule has 4 rings (SSSR count). The molecule has 14 heteroatoms. The first-order valence-corrected chi connectivity index (χ1v) is 11.5. The van der Waals surface area contributed by atoms with E-state index in [1.807, 2.05) is 18.2 Å². The molecule has 0 unspecified atom stereocenters. The van der Waals surface area contributed by atoms with Crippen molar-refractivity contribution in [3.63, 3.8) is 0 Å². The Labute approximate surface area is 219 Å². The number of nitrogens with zero attached hydrogens (tertiary/aromatic N) is 3. The topological polar surface area (TPSA) is 108 Å². The van der Waals surface area contributed by atoms with E-state index >= 15 is 0 Å². The van der Waals surface area contributed by atoms with E-state index in [-0.39, 0.29) is 6.03 Å². The Hall–Kier alpha value is -3.48. The lowest BCUT2D eigenvalue weighted by Gasteiger charge is -2.34. The zero-order valence-corrected chi connectivity index (χ0v) is 20.6. The van der Waals surface area contributed by atoms with Gasteiger partial charge in [-0.3, -0.25) is 10.2 Å². The van der Waals surface area contributed by atoms with Crippen molar-refractivity contribution in [2.75, 3.05) is 31.5 Å². The molecule has 1 fully saturated rings. The average molecular weight is 561 g/mol. The van der Waals surface area contributed by atoms with Crippen molar-refractivity contribution in [2.45, 2.75) is 12.7 Å². The van der Waals surface area contributed by atoms with Crippen LogP contribution in [0, 0.1) is 0 Å². The number of alkyl halides is 3. The van der Waals surface area contributed by atoms with Crippen LogP contribution in [0.5, 0.6) is 11.5 Å². The van der Waals surface area contributed by atoms with Gasteiger partial charge >= 0.3 is 18.2 Å². The predicted molar refractivity (Wildman–Crippen MR) is 129 cm³/mol. The third-order valence-electron chi connectivity index (χ3n) is 5.01. The van der Waals surface area contributed by atoms with Gasteiger partial charge < -0.3 is 19.3 Å². The van der Waals surface area contributed by atoms with Crippen LogP contribution < -0.4 is 10.1 Å². The second-order valence-corrected chi connectivity index (χ2v) is 8.52. The fourth-order valence-electron chi connectivity index (χ4n) is 3.22. The van der Waals surface area contributed by atoms with Gasteiger partial charge in [0.05, 0.1) is 10.0 Å². The summed E-state index contributed by atoms with van der Waals surface area (Å²) in [7, 11) is 0. The van der Waals surface area contributed by atoms with Crippen LogP contribution in [-0.2, 0) is 11.3 Å². The maximum absolute atomic E-state index is 12.3. The fraction of sp³-hybridized carbons (Fsp3) is 0.261. The molecule has 1 aliphatic heterocycles. The van der Waals surface area contributed by atoms with Crippen molar-refractivity contribution in [1.29, 1.82) is 0 Å². The van der Waals surface area contributed by atoms with E-state index in [1.165, 1.54) is 6.26 Å². The molecule has 2 N–H and O–H groups in total. The number of carbonyl (C=O) groups is 2. The minimum Gasteiger partial charge on any atom is -0.475 e. The van der Waals surface area contributed by atoms with Crippen molar-refractivity contribution in [2.24, 2.45) is 0 Å². The van der Waals surface area contributed by atoms with E-state index in [2.05, 4.69) is 21.4 Å². The summed E-state index contributed by atoms with van der Waals surface area (Å²) in [5.74, 6) is -0.974. The number of carboxylic acid groups (broad SMARTS) is 1. The molecule has 0 atom stereocenters. The monoisotopic (exact) mass is 560 g/mol. The van der Waals surface area contributed by atoms with Gasteiger partial charge in [-0.15, -0.1) is 0 Å². The third kappa shape index (κ3) is 8.85. The summed E-state index contributed by atoms with van der Waals surface area (Å²) in [6, 6.07) is 14.6. The molecule has 2 heterocycles. The summed E-state index contributed by atoms with van der Waals surface area (Å²) in [6.45, 7) is 3.62. The van der Waals surface area contributed by atoms with Gasteiger partial charge in [0.2, 0.25) is 0 Å². The molecule has 0 saturated carbocycles. The molecule has 0 bridgehead atoms. The summed E-state index contributed by atoms with van der Waals surface area (Å²) in [5, 5.41) is 14.5. The zero-order chi connectivity index (χ0) is 27.0. The van der Waals surface area contributed by atoms with Gasteiger partial charge in [-0.25, -0.2) is 9.59 Å². The van der Waals surface area contributed by atoms with Crippen molar-refractivity contribution in [3.05, 3.63) is 70.4 Å². The summed E-state index contributed by atoms with van der Waals surface area (Å²) in [6.07, 6.45) is -3.66. The molecule has 1 saturated heterocycles. The first-order valence-electron chi connectivity index (χ1n) is 10.7. The predicted octanol–water partition coefficient (Wildman–Crippen LogP) is 5.76. The molecule has 0 radical (unpaired) electrons. The summed E-state index contributed by atoms with van der Waals surface area (Å²) in [5.41, 5.74) is 1.13. The fourth-order valence-corrected chi connectivity index (χ4v) is 3.50. The lowest BCUT2D eigenvalue weighted by Crippen LogP contribution is -2.49. The van der Waals surface area contributed by atoms with Crippen molar-refractivity contribution in [1.82, 2.24) is 15.0 Å². The van der Waals surface area contributed by atoms with Gasteiger partial charge in [0, 0.05) is 44.9 Å². The Morgan fingerprint density at radius 3 is 2.30 bits per heavy atom. The summed E-state index contributed by atoms with van der Waals surface area (Å²) >= 11 is 12.0. The largest absolute Gasteiger partial charge is 0.490 e. The molecular weight excluding hydrogens is 540 g/mol. The maximum Gasteiger partial charge on any atom is 0.490 e. The van der Waals surface area contributed by atoms with Crippen LogP contribution in [0.4, 0.5) is 23.8 Å². The smallest absolute Gasteiger partial charge is 0.475 e. The highest BCUT2D eigenvalue weighted by atomic mass is 35.5. The SMILES string of the molecule is O=C(Nc1ccon1)N1CCN(Cc2cccc(Oc3ccc(Cl)c(Cl)c3)c2)CC1.O=C(O)C(F)(F)F. The number of ether oxygens (including phenoxy) is 1. The van der Waals surface area contributed by atoms with Gasteiger partial charge in [-0.2, -0.15) is 13.2 Å². The molecule has 1 aromatic heterocycles. The number of aromatic nitrogens is 1. The number of carboxylic acids is 1. The Balaban J connectivity index is 0.000000479. The van der Waals surface area contributed by atoms with Crippen LogP contribution in [0.25, 0.3) is 0 Å². The minimum atomic E-state index is -5.08. The molecular formula is C23H21Cl2F3N4O5. The van der Waals surface area contributed by atoms with Gasteiger partial charge in [-0.05, 0) is 29.8 Å². The van der Waals surface area contributed by atoms with Gasteiger partial charge in [0.15, 0.2) is 5.82 Å². The minimum absolute atomic E-state index is 0.166. The Bertz CT molecular complexity index is 1200. The molecule has 0 spiro atoms. The molecule has 2 aromatic carbocycles. The van der Waals surface area contributed by atoms with Crippen molar-refractivity contribution in [3.8, 4) is 11.5 Å². The lowest BCUT2D eigenvalue weighted by molar-refractivity contribution is -0.192. The van der Waals surface area contributed by atoms with E-state index in [4.69, 9.17) is 42.4 Å². The van der Waals surface area contributed by atoms with Crippen molar-refractivity contribution < 1.29 is 37.1 Å². The number of hydrogen-bond donors (Lipinski definition) is 2. The summed E-state index contributed by atoms with van der Waals surface area (Å²) in [4.78, 5) is 25.2. The quantitative estimate of drug-likeness (QED) is 0.408. The number of benzene rings is 2. The van der Waals surface area contributed by atoms with Crippen LogP contribution in [-0.4, -0.2) is 64.4 Å². The molecule has 2 amide bonds. The highest BCUT2D eigenvalue weighted by Gasteiger charge is 2.38. The second kappa shape index (κ2) is 12.7. The first kappa shape index (κ1) is 28.1. The van der Waals surface area contributed by atoms with Crippen LogP contribution in [0.3, 0.4) is 0 Å². The number of nitrogens with one attached hydrogen (secondary N) is 1. The highest BCUT2D eigenvalue weighted by Crippen LogP contribution is 2.30. The molecule has 3 aromatic rings. The van der Waals surface area contributed by atoms with Crippen LogP contribution in [0.15, 0.2) is 59.3 Å². The zero-order valence-electron chi connectivity index (χ0n) is 19.0.